The normalized spacial score (nSPS) is 10.1. The van der Waals surface area contributed by atoms with E-state index in [1.165, 1.54) is 10.7 Å². The summed E-state index contributed by atoms with van der Waals surface area (Å²) >= 11 is 5.88. The second-order valence-electron chi connectivity index (χ2n) is 3.88. The Hall–Kier alpha value is -2.12. The first-order chi connectivity index (χ1) is 8.60. The van der Waals surface area contributed by atoms with Gasteiger partial charge in [-0.15, -0.1) is 0 Å². The molecule has 90 valence electrons. The Balaban J connectivity index is 2.39. The Kier molecular flexibility index (Phi) is 3.45. The summed E-state index contributed by atoms with van der Waals surface area (Å²) < 4.78 is 1.32. The molecule has 0 N–H and O–H groups in total. The summed E-state index contributed by atoms with van der Waals surface area (Å²) in [6.07, 6.45) is 0. The van der Waals surface area contributed by atoms with Crippen LogP contribution >= 0.6 is 11.6 Å². The second kappa shape index (κ2) is 5.03. The standard InChI is InChI=1S/C13H10ClN3O/c1-9-11(7-15)6-13(18)17(16-9)8-10-3-2-4-12(14)5-10/h2-6H,8H2,1H3. The van der Waals surface area contributed by atoms with Gasteiger partial charge < -0.3 is 0 Å². The van der Waals surface area contributed by atoms with E-state index in [4.69, 9.17) is 16.9 Å². The molecular weight excluding hydrogens is 250 g/mol. The lowest BCUT2D eigenvalue weighted by molar-refractivity contribution is 0.627. The number of hydrogen-bond donors (Lipinski definition) is 0. The third-order valence-corrected chi connectivity index (χ3v) is 2.76. The van der Waals surface area contributed by atoms with Crippen LogP contribution in [0, 0.1) is 18.3 Å². The molecule has 0 aliphatic heterocycles. The average Bonchev–Trinajstić information content (AvgIpc) is 2.33. The zero-order chi connectivity index (χ0) is 13.1. The summed E-state index contributed by atoms with van der Waals surface area (Å²) in [6.45, 7) is 2.04. The molecule has 2 rings (SSSR count). The molecule has 1 aromatic carbocycles. The highest BCUT2D eigenvalue weighted by Gasteiger charge is 2.05. The summed E-state index contributed by atoms with van der Waals surface area (Å²) in [6, 6.07) is 10.5. The number of aryl methyl sites for hydroxylation is 1. The Bertz CT molecular complexity index is 685. The smallest absolute Gasteiger partial charge is 0.268 e. The number of rotatable bonds is 2. The maximum atomic E-state index is 11.8. The van der Waals surface area contributed by atoms with Gasteiger partial charge >= 0.3 is 0 Å². The molecule has 18 heavy (non-hydrogen) atoms. The van der Waals surface area contributed by atoms with Gasteiger partial charge in [0.1, 0.15) is 6.07 Å². The second-order valence-corrected chi connectivity index (χ2v) is 4.32. The third kappa shape index (κ3) is 2.58. The first-order valence-corrected chi connectivity index (χ1v) is 5.71. The van der Waals surface area contributed by atoms with Crippen molar-refractivity contribution in [3.05, 3.63) is 62.5 Å². The van der Waals surface area contributed by atoms with Crippen molar-refractivity contribution in [2.75, 3.05) is 0 Å². The van der Waals surface area contributed by atoms with E-state index in [2.05, 4.69) is 5.10 Å². The largest absolute Gasteiger partial charge is 0.268 e. The molecule has 2 aromatic rings. The van der Waals surface area contributed by atoms with Gasteiger partial charge in [-0.2, -0.15) is 10.4 Å². The van der Waals surface area contributed by atoms with E-state index in [0.717, 1.165) is 5.56 Å². The third-order valence-electron chi connectivity index (χ3n) is 2.52. The Morgan fingerprint density at radius 2 is 2.22 bits per heavy atom. The first-order valence-electron chi connectivity index (χ1n) is 5.33. The van der Waals surface area contributed by atoms with Crippen LogP contribution in [0.2, 0.25) is 5.02 Å². The molecule has 0 unspecified atom stereocenters. The van der Waals surface area contributed by atoms with Gasteiger partial charge in [-0.1, -0.05) is 23.7 Å². The molecule has 0 saturated carbocycles. The predicted molar refractivity (Wildman–Crippen MR) is 68.5 cm³/mol. The van der Waals surface area contributed by atoms with E-state index in [1.54, 1.807) is 19.1 Å². The van der Waals surface area contributed by atoms with Crippen molar-refractivity contribution in [2.24, 2.45) is 0 Å². The molecule has 0 radical (unpaired) electrons. The van der Waals surface area contributed by atoms with E-state index >= 15 is 0 Å². The SMILES string of the molecule is Cc1nn(Cc2cccc(Cl)c2)c(=O)cc1C#N. The first kappa shape index (κ1) is 12.3. The maximum absolute atomic E-state index is 11.8. The Labute approximate surface area is 109 Å². The van der Waals surface area contributed by atoms with Crippen LogP contribution in [-0.4, -0.2) is 9.78 Å². The minimum Gasteiger partial charge on any atom is -0.268 e. The molecule has 0 aliphatic rings. The molecule has 0 amide bonds. The molecule has 1 aromatic heterocycles. The monoisotopic (exact) mass is 259 g/mol. The van der Waals surface area contributed by atoms with Crippen LogP contribution in [-0.2, 0) is 6.54 Å². The van der Waals surface area contributed by atoms with E-state index < -0.39 is 0 Å². The number of halogens is 1. The quantitative estimate of drug-likeness (QED) is 0.830. The molecule has 4 nitrogen and oxygen atoms in total. The van der Waals surface area contributed by atoms with Gasteiger partial charge in [-0.25, -0.2) is 4.68 Å². The van der Waals surface area contributed by atoms with Gasteiger partial charge in [-0.3, -0.25) is 4.79 Å². The fraction of sp³-hybridized carbons (Fsp3) is 0.154. The summed E-state index contributed by atoms with van der Waals surface area (Å²) in [5.41, 5.74) is 1.44. The molecule has 0 atom stereocenters. The summed E-state index contributed by atoms with van der Waals surface area (Å²) in [7, 11) is 0. The molecule has 1 heterocycles. The average molecular weight is 260 g/mol. The molecule has 0 saturated heterocycles. The zero-order valence-electron chi connectivity index (χ0n) is 9.72. The van der Waals surface area contributed by atoms with Crippen molar-refractivity contribution < 1.29 is 0 Å². The fourth-order valence-electron chi connectivity index (χ4n) is 1.62. The van der Waals surface area contributed by atoms with Crippen LogP contribution in [0.4, 0.5) is 0 Å². The van der Waals surface area contributed by atoms with Crippen LogP contribution in [0.3, 0.4) is 0 Å². The topological polar surface area (TPSA) is 58.7 Å². The predicted octanol–water partition coefficient (Wildman–Crippen LogP) is 2.13. The Morgan fingerprint density at radius 3 is 2.89 bits per heavy atom. The molecular formula is C13H10ClN3O. The van der Waals surface area contributed by atoms with Gasteiger partial charge in [0.2, 0.25) is 0 Å². The van der Waals surface area contributed by atoms with Crippen molar-refractivity contribution in [3.63, 3.8) is 0 Å². The van der Waals surface area contributed by atoms with Gasteiger partial charge in [0.05, 0.1) is 17.8 Å². The van der Waals surface area contributed by atoms with Crippen molar-refractivity contribution in [3.8, 4) is 6.07 Å². The van der Waals surface area contributed by atoms with Gasteiger partial charge in [0, 0.05) is 11.1 Å². The van der Waals surface area contributed by atoms with Gasteiger partial charge in [-0.05, 0) is 24.6 Å². The minimum atomic E-state index is -0.294. The molecule has 0 bridgehead atoms. The lowest BCUT2D eigenvalue weighted by Crippen LogP contribution is -2.24. The lowest BCUT2D eigenvalue weighted by Gasteiger charge is -2.06. The van der Waals surface area contributed by atoms with Crippen molar-refractivity contribution in [2.45, 2.75) is 13.5 Å². The highest BCUT2D eigenvalue weighted by Crippen LogP contribution is 2.11. The number of hydrogen-bond acceptors (Lipinski definition) is 3. The highest BCUT2D eigenvalue weighted by molar-refractivity contribution is 6.30. The summed E-state index contributed by atoms with van der Waals surface area (Å²) in [5, 5.41) is 13.5. The van der Waals surface area contributed by atoms with Crippen LogP contribution in [0.25, 0.3) is 0 Å². The molecule has 0 spiro atoms. The number of nitriles is 1. The number of aromatic nitrogens is 2. The van der Waals surface area contributed by atoms with Crippen molar-refractivity contribution in [1.29, 1.82) is 5.26 Å². The summed E-state index contributed by atoms with van der Waals surface area (Å²) in [5.74, 6) is 0. The lowest BCUT2D eigenvalue weighted by atomic mass is 10.2. The van der Waals surface area contributed by atoms with E-state index in [-0.39, 0.29) is 5.56 Å². The van der Waals surface area contributed by atoms with Crippen molar-refractivity contribution in [1.82, 2.24) is 9.78 Å². The van der Waals surface area contributed by atoms with Crippen LogP contribution in [0.15, 0.2) is 35.1 Å². The molecule has 5 heteroatoms. The van der Waals surface area contributed by atoms with Crippen LogP contribution in [0.5, 0.6) is 0 Å². The van der Waals surface area contributed by atoms with Gasteiger partial charge in [0.15, 0.2) is 0 Å². The van der Waals surface area contributed by atoms with Gasteiger partial charge in [0.25, 0.3) is 5.56 Å². The maximum Gasteiger partial charge on any atom is 0.268 e. The highest BCUT2D eigenvalue weighted by atomic mass is 35.5. The minimum absolute atomic E-state index is 0.294. The summed E-state index contributed by atoms with van der Waals surface area (Å²) in [4.78, 5) is 11.8. The van der Waals surface area contributed by atoms with E-state index in [0.29, 0.717) is 22.8 Å². The van der Waals surface area contributed by atoms with Crippen LogP contribution in [0.1, 0.15) is 16.8 Å². The Morgan fingerprint density at radius 1 is 1.44 bits per heavy atom. The van der Waals surface area contributed by atoms with E-state index in [9.17, 15) is 4.79 Å². The van der Waals surface area contributed by atoms with E-state index in [1.807, 2.05) is 18.2 Å². The molecule has 0 aliphatic carbocycles. The molecule has 0 fully saturated rings. The fourth-order valence-corrected chi connectivity index (χ4v) is 1.83. The number of nitrogens with zero attached hydrogens (tertiary/aromatic N) is 3. The van der Waals surface area contributed by atoms with Crippen LogP contribution < -0.4 is 5.56 Å². The van der Waals surface area contributed by atoms with Crippen molar-refractivity contribution >= 4 is 11.6 Å². The number of benzene rings is 1. The zero-order valence-corrected chi connectivity index (χ0v) is 10.5.